The van der Waals surface area contributed by atoms with Gasteiger partial charge in [-0.05, 0) is 44.0 Å². The molecule has 1 saturated heterocycles. The molecule has 3 N–H and O–H groups in total. The summed E-state index contributed by atoms with van der Waals surface area (Å²) in [4.78, 5) is 9.89. The smallest absolute Gasteiger partial charge is 0.0931 e. The van der Waals surface area contributed by atoms with Crippen molar-refractivity contribution in [2.24, 2.45) is 5.73 Å². The van der Waals surface area contributed by atoms with Gasteiger partial charge in [-0.25, -0.2) is 4.98 Å². The molecule has 1 atom stereocenters. The first-order valence-corrected chi connectivity index (χ1v) is 6.28. The first kappa shape index (κ1) is 10.6. The van der Waals surface area contributed by atoms with E-state index in [0.29, 0.717) is 6.04 Å². The third kappa shape index (κ3) is 1.89. The molecule has 0 amide bonds. The topological polar surface area (TPSA) is 57.9 Å². The number of anilines is 1. The Morgan fingerprint density at radius 2 is 2.41 bits per heavy atom. The van der Waals surface area contributed by atoms with E-state index in [1.54, 1.807) is 6.33 Å². The van der Waals surface area contributed by atoms with Crippen LogP contribution in [0.4, 0.5) is 5.69 Å². The van der Waals surface area contributed by atoms with Gasteiger partial charge in [0.15, 0.2) is 0 Å². The van der Waals surface area contributed by atoms with E-state index >= 15 is 0 Å². The third-order valence-electron chi connectivity index (χ3n) is 3.61. The molecule has 2 aromatic rings. The molecule has 90 valence electrons. The minimum absolute atomic E-state index is 0.611. The van der Waals surface area contributed by atoms with Crippen LogP contribution in [-0.4, -0.2) is 29.1 Å². The summed E-state index contributed by atoms with van der Waals surface area (Å²) < 4.78 is 0. The molecule has 0 saturated carbocycles. The van der Waals surface area contributed by atoms with E-state index in [2.05, 4.69) is 33.1 Å². The second-order valence-corrected chi connectivity index (χ2v) is 4.67. The molecule has 0 radical (unpaired) electrons. The van der Waals surface area contributed by atoms with Crippen molar-refractivity contribution in [2.45, 2.75) is 25.3 Å². The molecule has 0 spiro atoms. The lowest BCUT2D eigenvalue weighted by molar-refractivity contribution is 0.619. The van der Waals surface area contributed by atoms with Crippen molar-refractivity contribution >= 4 is 16.7 Å². The van der Waals surface area contributed by atoms with Gasteiger partial charge in [0.2, 0.25) is 0 Å². The summed E-state index contributed by atoms with van der Waals surface area (Å²) in [6, 6.07) is 7.05. The number of benzene rings is 1. The molecule has 2 heterocycles. The van der Waals surface area contributed by atoms with Gasteiger partial charge in [0.25, 0.3) is 0 Å². The highest BCUT2D eigenvalue weighted by atomic mass is 15.2. The Morgan fingerprint density at radius 3 is 3.29 bits per heavy atom. The lowest BCUT2D eigenvalue weighted by Gasteiger charge is -2.26. The molecule has 1 aromatic carbocycles. The van der Waals surface area contributed by atoms with Crippen molar-refractivity contribution in [2.75, 3.05) is 18.0 Å². The van der Waals surface area contributed by atoms with Crippen LogP contribution in [-0.2, 0) is 0 Å². The summed E-state index contributed by atoms with van der Waals surface area (Å²) in [5, 5.41) is 0. The molecule has 1 unspecified atom stereocenters. The number of nitrogens with zero attached hydrogens (tertiary/aromatic N) is 2. The van der Waals surface area contributed by atoms with E-state index in [1.165, 1.54) is 18.5 Å². The van der Waals surface area contributed by atoms with Crippen LogP contribution < -0.4 is 10.6 Å². The Balaban J connectivity index is 1.91. The zero-order valence-electron chi connectivity index (χ0n) is 9.89. The van der Waals surface area contributed by atoms with Crippen LogP contribution in [0.15, 0.2) is 24.5 Å². The van der Waals surface area contributed by atoms with Crippen LogP contribution >= 0.6 is 0 Å². The van der Waals surface area contributed by atoms with E-state index in [-0.39, 0.29) is 0 Å². The Bertz CT molecular complexity index is 505. The molecule has 1 aliphatic heterocycles. The maximum absolute atomic E-state index is 5.68. The van der Waals surface area contributed by atoms with Gasteiger partial charge in [0, 0.05) is 18.3 Å². The fraction of sp³-hybridized carbons (Fsp3) is 0.462. The average Bonchev–Trinajstić information content (AvgIpc) is 2.96. The standard InChI is InChI=1S/C13H18N4/c14-6-5-10-2-1-7-17(10)11-3-4-12-13(8-11)16-9-15-12/h3-4,8-10H,1-2,5-7,14H2,(H,15,16). The summed E-state index contributed by atoms with van der Waals surface area (Å²) in [5.41, 5.74) is 9.11. The van der Waals surface area contributed by atoms with Crippen molar-refractivity contribution in [3.8, 4) is 0 Å². The fourth-order valence-electron chi connectivity index (χ4n) is 2.77. The number of hydrogen-bond donors (Lipinski definition) is 2. The minimum Gasteiger partial charge on any atom is -0.368 e. The van der Waals surface area contributed by atoms with Gasteiger partial charge >= 0.3 is 0 Å². The van der Waals surface area contributed by atoms with Gasteiger partial charge in [-0.1, -0.05) is 0 Å². The largest absolute Gasteiger partial charge is 0.368 e. The summed E-state index contributed by atoms with van der Waals surface area (Å²) in [7, 11) is 0. The summed E-state index contributed by atoms with van der Waals surface area (Å²) in [6.07, 6.45) is 5.36. The SMILES string of the molecule is NCCC1CCCN1c1ccc2nc[nH]c2c1. The molecular weight excluding hydrogens is 212 g/mol. The zero-order chi connectivity index (χ0) is 11.7. The number of nitrogens with one attached hydrogen (secondary N) is 1. The second kappa shape index (κ2) is 4.37. The Morgan fingerprint density at radius 1 is 1.47 bits per heavy atom. The predicted octanol–water partition coefficient (Wildman–Crippen LogP) is 1.88. The third-order valence-corrected chi connectivity index (χ3v) is 3.61. The maximum Gasteiger partial charge on any atom is 0.0931 e. The minimum atomic E-state index is 0.611. The monoisotopic (exact) mass is 230 g/mol. The highest BCUT2D eigenvalue weighted by Crippen LogP contribution is 2.28. The molecule has 1 aromatic heterocycles. The van der Waals surface area contributed by atoms with Gasteiger partial charge in [-0.2, -0.15) is 0 Å². The van der Waals surface area contributed by atoms with E-state index in [1.807, 2.05) is 0 Å². The van der Waals surface area contributed by atoms with Crippen LogP contribution in [0.5, 0.6) is 0 Å². The summed E-state index contributed by atoms with van der Waals surface area (Å²) in [6.45, 7) is 1.91. The second-order valence-electron chi connectivity index (χ2n) is 4.67. The number of nitrogens with two attached hydrogens (primary N) is 1. The number of aromatic nitrogens is 2. The van der Waals surface area contributed by atoms with Crippen molar-refractivity contribution in [3.63, 3.8) is 0 Å². The van der Waals surface area contributed by atoms with Crippen molar-refractivity contribution < 1.29 is 0 Å². The molecule has 3 rings (SSSR count). The van der Waals surface area contributed by atoms with Gasteiger partial charge in [-0.3, -0.25) is 0 Å². The van der Waals surface area contributed by atoms with E-state index < -0.39 is 0 Å². The first-order chi connectivity index (χ1) is 8.38. The van der Waals surface area contributed by atoms with Gasteiger partial charge < -0.3 is 15.6 Å². The van der Waals surface area contributed by atoms with Crippen molar-refractivity contribution in [3.05, 3.63) is 24.5 Å². The predicted molar refractivity (Wildman–Crippen MR) is 70.1 cm³/mol. The van der Waals surface area contributed by atoms with Crippen LogP contribution in [0.1, 0.15) is 19.3 Å². The summed E-state index contributed by atoms with van der Waals surface area (Å²) >= 11 is 0. The molecule has 0 bridgehead atoms. The molecular formula is C13H18N4. The Kier molecular flexibility index (Phi) is 2.73. The fourth-order valence-corrected chi connectivity index (χ4v) is 2.77. The Hall–Kier alpha value is -1.55. The number of rotatable bonds is 3. The Labute approximate surface area is 101 Å². The average molecular weight is 230 g/mol. The number of hydrogen-bond acceptors (Lipinski definition) is 3. The lowest BCUT2D eigenvalue weighted by Crippen LogP contribution is -2.30. The number of imidazole rings is 1. The van der Waals surface area contributed by atoms with Crippen LogP contribution in [0.3, 0.4) is 0 Å². The van der Waals surface area contributed by atoms with E-state index in [9.17, 15) is 0 Å². The van der Waals surface area contributed by atoms with Crippen LogP contribution in [0, 0.1) is 0 Å². The number of fused-ring (bicyclic) bond motifs is 1. The zero-order valence-corrected chi connectivity index (χ0v) is 9.89. The van der Waals surface area contributed by atoms with E-state index in [0.717, 1.165) is 30.5 Å². The molecule has 17 heavy (non-hydrogen) atoms. The first-order valence-electron chi connectivity index (χ1n) is 6.28. The molecule has 1 aliphatic rings. The van der Waals surface area contributed by atoms with Crippen molar-refractivity contribution in [1.82, 2.24) is 9.97 Å². The van der Waals surface area contributed by atoms with Gasteiger partial charge in [0.05, 0.1) is 17.4 Å². The molecule has 0 aliphatic carbocycles. The van der Waals surface area contributed by atoms with Crippen LogP contribution in [0.2, 0.25) is 0 Å². The van der Waals surface area contributed by atoms with Gasteiger partial charge in [-0.15, -0.1) is 0 Å². The normalized spacial score (nSPS) is 20.3. The molecule has 1 fully saturated rings. The van der Waals surface area contributed by atoms with Crippen LogP contribution in [0.25, 0.3) is 11.0 Å². The molecule has 4 nitrogen and oxygen atoms in total. The van der Waals surface area contributed by atoms with E-state index in [4.69, 9.17) is 5.73 Å². The lowest BCUT2D eigenvalue weighted by atomic mass is 10.1. The number of H-pyrrole nitrogens is 1. The molecule has 4 heteroatoms. The quantitative estimate of drug-likeness (QED) is 0.846. The highest BCUT2D eigenvalue weighted by molar-refractivity contribution is 5.79. The van der Waals surface area contributed by atoms with Gasteiger partial charge in [0.1, 0.15) is 0 Å². The van der Waals surface area contributed by atoms with Crippen molar-refractivity contribution in [1.29, 1.82) is 0 Å². The summed E-state index contributed by atoms with van der Waals surface area (Å²) in [5.74, 6) is 0. The number of aromatic amines is 1. The maximum atomic E-state index is 5.68. The highest BCUT2D eigenvalue weighted by Gasteiger charge is 2.24.